The molecule has 0 saturated carbocycles. The number of benzene rings is 1. The molecule has 0 spiro atoms. The highest BCUT2D eigenvalue weighted by Crippen LogP contribution is 2.32. The Bertz CT molecular complexity index is 1210. The van der Waals surface area contributed by atoms with E-state index in [9.17, 15) is 8.42 Å². The summed E-state index contributed by atoms with van der Waals surface area (Å²) in [5.74, 6) is 0.374. The topological polar surface area (TPSA) is 90.9 Å². The summed E-state index contributed by atoms with van der Waals surface area (Å²) < 4.78 is 27.6. The lowest BCUT2D eigenvalue weighted by atomic mass is 10.1. The highest BCUT2D eigenvalue weighted by molar-refractivity contribution is 7.90. The molecule has 7 heteroatoms. The molecule has 0 aliphatic rings. The fourth-order valence-corrected chi connectivity index (χ4v) is 4.27. The van der Waals surface area contributed by atoms with Crippen LogP contribution in [0.15, 0.2) is 72.1 Å². The highest BCUT2D eigenvalue weighted by atomic mass is 32.2. The number of rotatable bonds is 3. The number of anilines is 1. The van der Waals surface area contributed by atoms with Gasteiger partial charge in [-0.15, -0.1) is 0 Å². The number of aromatic nitrogens is 3. The fourth-order valence-electron chi connectivity index (χ4n) is 2.91. The molecule has 4 aromatic rings. The van der Waals surface area contributed by atoms with Crippen molar-refractivity contribution in [2.24, 2.45) is 0 Å². The van der Waals surface area contributed by atoms with Gasteiger partial charge in [0.2, 0.25) is 0 Å². The van der Waals surface area contributed by atoms with Crippen molar-refractivity contribution in [1.29, 1.82) is 0 Å². The van der Waals surface area contributed by atoms with Crippen molar-refractivity contribution >= 4 is 26.7 Å². The Morgan fingerprint density at radius 1 is 1.04 bits per heavy atom. The van der Waals surface area contributed by atoms with Crippen molar-refractivity contribution in [3.63, 3.8) is 0 Å². The third-order valence-corrected chi connectivity index (χ3v) is 5.93. The van der Waals surface area contributed by atoms with Crippen LogP contribution in [-0.4, -0.2) is 22.4 Å². The number of hydrogen-bond acceptors (Lipinski definition) is 5. The van der Waals surface area contributed by atoms with E-state index in [0.29, 0.717) is 11.3 Å². The number of nitrogens with zero attached hydrogens (tertiary/aromatic N) is 3. The van der Waals surface area contributed by atoms with Crippen molar-refractivity contribution in [1.82, 2.24) is 13.9 Å². The second kappa shape index (κ2) is 5.96. The lowest BCUT2D eigenvalue weighted by molar-refractivity contribution is 0.589. The molecule has 3 heterocycles. The molecule has 2 N–H and O–H groups in total. The molecular formula is C19H16N4O2S. The van der Waals surface area contributed by atoms with Crippen LogP contribution in [0.3, 0.4) is 0 Å². The summed E-state index contributed by atoms with van der Waals surface area (Å²) in [6.45, 7) is 1.91. The van der Waals surface area contributed by atoms with E-state index < -0.39 is 10.0 Å². The first-order valence-electron chi connectivity index (χ1n) is 7.96. The summed E-state index contributed by atoms with van der Waals surface area (Å²) >= 11 is 0. The Morgan fingerprint density at radius 3 is 2.54 bits per heavy atom. The summed E-state index contributed by atoms with van der Waals surface area (Å²) in [5, 5.41) is 0.779. The smallest absolute Gasteiger partial charge is 0.268 e. The Kier molecular flexibility index (Phi) is 3.73. The Balaban J connectivity index is 1.98. The molecule has 0 bridgehead atoms. The summed E-state index contributed by atoms with van der Waals surface area (Å²) in [6.07, 6.45) is 6.40. The molecule has 6 nitrogen and oxygen atoms in total. The average Bonchev–Trinajstić information content (AvgIpc) is 3.03. The highest BCUT2D eigenvalue weighted by Gasteiger charge is 2.22. The van der Waals surface area contributed by atoms with Gasteiger partial charge in [-0.1, -0.05) is 17.7 Å². The van der Waals surface area contributed by atoms with Crippen LogP contribution in [0, 0.1) is 6.92 Å². The molecule has 0 radical (unpaired) electrons. The normalized spacial score (nSPS) is 11.7. The second-order valence-corrected chi connectivity index (χ2v) is 7.83. The number of pyridine rings is 2. The maximum atomic E-state index is 13.2. The van der Waals surface area contributed by atoms with Gasteiger partial charge in [0.1, 0.15) is 5.82 Å². The molecule has 0 unspecified atom stereocenters. The van der Waals surface area contributed by atoms with E-state index in [1.807, 2.05) is 6.92 Å². The van der Waals surface area contributed by atoms with Gasteiger partial charge in [0.25, 0.3) is 10.0 Å². The van der Waals surface area contributed by atoms with Crippen LogP contribution in [0.5, 0.6) is 0 Å². The van der Waals surface area contributed by atoms with Gasteiger partial charge in [0.05, 0.1) is 16.6 Å². The first-order chi connectivity index (χ1) is 12.5. The number of aryl methyl sites for hydroxylation is 1. The standard InChI is InChI=1S/C19H16N4O2S/c1-13-2-4-15(5-3-13)26(24,25)23-12-17(14-6-9-22-19(20)10-14)16-7-8-21-11-18(16)23/h2-12H,1H3,(H2,20,22). The molecule has 3 aromatic heterocycles. The Labute approximate surface area is 151 Å². The zero-order valence-electron chi connectivity index (χ0n) is 14.0. The first kappa shape index (κ1) is 16.3. The molecular weight excluding hydrogens is 348 g/mol. The van der Waals surface area contributed by atoms with Crippen LogP contribution in [0.4, 0.5) is 5.82 Å². The maximum absolute atomic E-state index is 13.2. The van der Waals surface area contributed by atoms with Crippen LogP contribution < -0.4 is 5.73 Å². The van der Waals surface area contributed by atoms with Gasteiger partial charge in [0, 0.05) is 29.5 Å². The van der Waals surface area contributed by atoms with Crippen LogP contribution in [0.1, 0.15) is 5.56 Å². The van der Waals surface area contributed by atoms with E-state index in [4.69, 9.17) is 5.73 Å². The van der Waals surface area contributed by atoms with Crippen LogP contribution in [-0.2, 0) is 10.0 Å². The molecule has 4 rings (SSSR count). The lowest BCUT2D eigenvalue weighted by Crippen LogP contribution is -2.11. The zero-order valence-corrected chi connectivity index (χ0v) is 14.8. The lowest BCUT2D eigenvalue weighted by Gasteiger charge is -2.07. The van der Waals surface area contributed by atoms with Crippen molar-refractivity contribution in [3.05, 3.63) is 72.8 Å². The van der Waals surface area contributed by atoms with Gasteiger partial charge in [-0.2, -0.15) is 0 Å². The molecule has 0 saturated heterocycles. The molecule has 0 fully saturated rings. The number of nitrogen functional groups attached to an aromatic ring is 1. The minimum absolute atomic E-state index is 0.227. The minimum atomic E-state index is -3.75. The predicted molar refractivity (Wildman–Crippen MR) is 101 cm³/mol. The van der Waals surface area contributed by atoms with Crippen LogP contribution >= 0.6 is 0 Å². The van der Waals surface area contributed by atoms with Gasteiger partial charge < -0.3 is 5.73 Å². The molecule has 0 aliphatic carbocycles. The van der Waals surface area contributed by atoms with E-state index in [1.165, 1.54) is 3.97 Å². The Morgan fingerprint density at radius 2 is 1.81 bits per heavy atom. The molecule has 0 aliphatic heterocycles. The van der Waals surface area contributed by atoms with Crippen LogP contribution in [0.2, 0.25) is 0 Å². The molecule has 0 atom stereocenters. The number of hydrogen-bond donors (Lipinski definition) is 1. The summed E-state index contributed by atoms with van der Waals surface area (Å²) in [4.78, 5) is 8.32. The van der Waals surface area contributed by atoms with E-state index in [1.54, 1.807) is 67.3 Å². The van der Waals surface area contributed by atoms with E-state index >= 15 is 0 Å². The molecule has 0 amide bonds. The minimum Gasteiger partial charge on any atom is -0.384 e. The third-order valence-electron chi connectivity index (χ3n) is 4.24. The van der Waals surface area contributed by atoms with E-state index in [-0.39, 0.29) is 4.90 Å². The van der Waals surface area contributed by atoms with Crippen LogP contribution in [0.25, 0.3) is 22.0 Å². The summed E-state index contributed by atoms with van der Waals surface area (Å²) in [6, 6.07) is 12.1. The van der Waals surface area contributed by atoms with Crippen molar-refractivity contribution in [3.8, 4) is 11.1 Å². The fraction of sp³-hybridized carbons (Fsp3) is 0.0526. The second-order valence-electron chi connectivity index (χ2n) is 6.02. The van der Waals surface area contributed by atoms with Gasteiger partial charge in [-0.25, -0.2) is 17.4 Å². The quantitative estimate of drug-likeness (QED) is 0.603. The number of fused-ring (bicyclic) bond motifs is 1. The van der Waals surface area contributed by atoms with Crippen molar-refractivity contribution in [2.75, 3.05) is 5.73 Å². The van der Waals surface area contributed by atoms with Crippen molar-refractivity contribution in [2.45, 2.75) is 11.8 Å². The summed E-state index contributed by atoms with van der Waals surface area (Å²) in [7, 11) is -3.75. The summed E-state index contributed by atoms with van der Waals surface area (Å²) in [5.41, 5.74) is 8.85. The van der Waals surface area contributed by atoms with Gasteiger partial charge in [0.15, 0.2) is 0 Å². The average molecular weight is 364 g/mol. The monoisotopic (exact) mass is 364 g/mol. The van der Waals surface area contributed by atoms with Gasteiger partial charge in [-0.05, 0) is 42.8 Å². The third kappa shape index (κ3) is 2.62. The maximum Gasteiger partial charge on any atom is 0.268 e. The predicted octanol–water partition coefficient (Wildman–Crippen LogP) is 3.23. The Hall–Kier alpha value is -3.19. The van der Waals surface area contributed by atoms with Gasteiger partial charge in [-0.3, -0.25) is 4.98 Å². The van der Waals surface area contributed by atoms with E-state index in [2.05, 4.69) is 9.97 Å². The zero-order chi connectivity index (χ0) is 18.3. The SMILES string of the molecule is Cc1ccc(S(=O)(=O)n2cc(-c3ccnc(N)c3)c3ccncc32)cc1. The largest absolute Gasteiger partial charge is 0.384 e. The molecule has 26 heavy (non-hydrogen) atoms. The molecule has 1 aromatic carbocycles. The molecule has 130 valence electrons. The first-order valence-corrected chi connectivity index (χ1v) is 9.40. The van der Waals surface area contributed by atoms with Crippen molar-refractivity contribution < 1.29 is 8.42 Å². The van der Waals surface area contributed by atoms with Gasteiger partial charge >= 0.3 is 0 Å². The van der Waals surface area contributed by atoms with E-state index in [0.717, 1.165) is 22.1 Å². The number of nitrogens with two attached hydrogens (primary N) is 1.